The van der Waals surface area contributed by atoms with Gasteiger partial charge in [-0.05, 0) is 36.8 Å². The molecule has 1 atom stereocenters. The highest BCUT2D eigenvalue weighted by molar-refractivity contribution is 5.31. The van der Waals surface area contributed by atoms with Crippen LogP contribution in [0.25, 0.3) is 0 Å². The first-order chi connectivity index (χ1) is 14.6. The highest BCUT2D eigenvalue weighted by Gasteiger charge is 2.16. The Balaban J connectivity index is 1.52. The van der Waals surface area contributed by atoms with Crippen LogP contribution in [-0.2, 0) is 11.3 Å². The fourth-order valence-corrected chi connectivity index (χ4v) is 3.51. The largest absolute Gasteiger partial charge is 0.497 e. The Kier molecular flexibility index (Phi) is 8.96. The molecule has 0 spiro atoms. The topological polar surface area (TPSA) is 54.4 Å². The van der Waals surface area contributed by atoms with E-state index in [1.54, 1.807) is 7.11 Å². The van der Waals surface area contributed by atoms with Gasteiger partial charge >= 0.3 is 0 Å². The molecule has 6 heteroatoms. The third kappa shape index (κ3) is 7.61. The van der Waals surface area contributed by atoms with E-state index in [4.69, 9.17) is 14.2 Å². The first kappa shape index (κ1) is 22.6. The highest BCUT2D eigenvalue weighted by Crippen LogP contribution is 2.17. The molecule has 2 aromatic rings. The summed E-state index contributed by atoms with van der Waals surface area (Å²) in [7, 11) is 1.64. The molecular formula is C24H34N2O4. The molecule has 1 saturated heterocycles. The summed E-state index contributed by atoms with van der Waals surface area (Å²) in [4.78, 5) is 4.73. The Bertz CT molecular complexity index is 730. The lowest BCUT2D eigenvalue weighted by atomic mass is 10.1. The number of hydrogen-bond acceptors (Lipinski definition) is 6. The van der Waals surface area contributed by atoms with Crippen molar-refractivity contribution in [1.29, 1.82) is 0 Å². The third-order valence-electron chi connectivity index (χ3n) is 5.33. The number of aliphatic hydroxyl groups excluding tert-OH is 1. The summed E-state index contributed by atoms with van der Waals surface area (Å²) in [6, 6.07) is 16.0. The summed E-state index contributed by atoms with van der Waals surface area (Å²) in [6.07, 6.45) is -0.567. The van der Waals surface area contributed by atoms with E-state index in [9.17, 15) is 5.11 Å². The molecule has 0 aromatic heterocycles. The molecule has 1 heterocycles. The molecule has 1 aliphatic rings. The van der Waals surface area contributed by atoms with Gasteiger partial charge in [0.15, 0.2) is 0 Å². The summed E-state index contributed by atoms with van der Waals surface area (Å²) < 4.78 is 16.4. The molecule has 0 aliphatic carbocycles. The number of morpholine rings is 1. The maximum Gasteiger partial charge on any atom is 0.119 e. The second-order valence-corrected chi connectivity index (χ2v) is 7.82. The predicted molar refractivity (Wildman–Crippen MR) is 118 cm³/mol. The van der Waals surface area contributed by atoms with Gasteiger partial charge in [-0.2, -0.15) is 0 Å². The lowest BCUT2D eigenvalue weighted by molar-refractivity contribution is 0.0256. The number of nitrogens with zero attached hydrogens (tertiary/aromatic N) is 2. The molecule has 0 bridgehead atoms. The molecule has 0 radical (unpaired) electrons. The third-order valence-corrected chi connectivity index (χ3v) is 5.33. The predicted octanol–water partition coefficient (Wildman–Crippen LogP) is 2.58. The lowest BCUT2D eigenvalue weighted by Crippen LogP contribution is -2.43. The Morgan fingerprint density at radius 1 is 1.03 bits per heavy atom. The highest BCUT2D eigenvalue weighted by atomic mass is 16.5. The minimum atomic E-state index is -0.567. The average Bonchev–Trinajstić information content (AvgIpc) is 2.78. The number of benzene rings is 2. The Labute approximate surface area is 180 Å². The molecule has 0 amide bonds. The Hall–Kier alpha value is -2.12. The van der Waals surface area contributed by atoms with Crippen molar-refractivity contribution >= 4 is 0 Å². The van der Waals surface area contributed by atoms with Gasteiger partial charge in [0.05, 0.1) is 20.3 Å². The summed E-state index contributed by atoms with van der Waals surface area (Å²) in [6.45, 7) is 9.15. The standard InChI is InChI=1S/C24H34N2O4/c1-20-3-5-21(6-4-20)17-26(12-11-25-13-15-29-16-14-25)18-22(27)19-30-24-9-7-23(28-2)8-10-24/h3-10,22,27H,11-19H2,1-2H3/t22-/m0/s1. The molecule has 1 aliphatic heterocycles. The number of aryl methyl sites for hydroxylation is 1. The van der Waals surface area contributed by atoms with Crippen LogP contribution in [0.15, 0.2) is 48.5 Å². The molecule has 6 nitrogen and oxygen atoms in total. The van der Waals surface area contributed by atoms with Gasteiger partial charge in [-0.25, -0.2) is 0 Å². The number of rotatable bonds is 11. The van der Waals surface area contributed by atoms with Gasteiger partial charge in [0.1, 0.15) is 24.2 Å². The molecule has 2 aromatic carbocycles. The van der Waals surface area contributed by atoms with Crippen LogP contribution in [0.1, 0.15) is 11.1 Å². The van der Waals surface area contributed by atoms with Gasteiger partial charge in [0, 0.05) is 39.3 Å². The van der Waals surface area contributed by atoms with Crippen molar-refractivity contribution < 1.29 is 19.3 Å². The van der Waals surface area contributed by atoms with E-state index >= 15 is 0 Å². The molecule has 0 unspecified atom stereocenters. The maximum absolute atomic E-state index is 10.6. The number of ether oxygens (including phenoxy) is 3. The van der Waals surface area contributed by atoms with E-state index < -0.39 is 6.10 Å². The van der Waals surface area contributed by atoms with Gasteiger partial charge in [0.2, 0.25) is 0 Å². The van der Waals surface area contributed by atoms with E-state index in [-0.39, 0.29) is 6.61 Å². The minimum Gasteiger partial charge on any atom is -0.497 e. The number of methoxy groups -OCH3 is 1. The van der Waals surface area contributed by atoms with E-state index in [2.05, 4.69) is 41.0 Å². The zero-order valence-electron chi connectivity index (χ0n) is 18.1. The van der Waals surface area contributed by atoms with Crippen molar-refractivity contribution in [3.8, 4) is 11.5 Å². The number of hydrogen-bond donors (Lipinski definition) is 1. The van der Waals surface area contributed by atoms with Gasteiger partial charge in [-0.15, -0.1) is 0 Å². The molecule has 1 fully saturated rings. The van der Waals surface area contributed by atoms with Gasteiger partial charge < -0.3 is 19.3 Å². The fraction of sp³-hybridized carbons (Fsp3) is 0.500. The Morgan fingerprint density at radius 2 is 1.70 bits per heavy atom. The van der Waals surface area contributed by atoms with Crippen molar-refractivity contribution in [1.82, 2.24) is 9.80 Å². The van der Waals surface area contributed by atoms with Gasteiger partial charge in [0.25, 0.3) is 0 Å². The number of aliphatic hydroxyl groups is 1. The second-order valence-electron chi connectivity index (χ2n) is 7.82. The van der Waals surface area contributed by atoms with Crippen LogP contribution in [0.2, 0.25) is 0 Å². The van der Waals surface area contributed by atoms with Gasteiger partial charge in [-0.1, -0.05) is 29.8 Å². The summed E-state index contributed by atoms with van der Waals surface area (Å²) in [5.41, 5.74) is 2.51. The smallest absolute Gasteiger partial charge is 0.119 e. The lowest BCUT2D eigenvalue weighted by Gasteiger charge is -2.31. The van der Waals surface area contributed by atoms with Crippen molar-refractivity contribution in [2.75, 3.05) is 59.7 Å². The first-order valence-electron chi connectivity index (χ1n) is 10.7. The molecule has 164 valence electrons. The second kappa shape index (κ2) is 11.9. The van der Waals surface area contributed by atoms with Crippen molar-refractivity contribution in [2.24, 2.45) is 0 Å². The minimum absolute atomic E-state index is 0.258. The van der Waals surface area contributed by atoms with Crippen LogP contribution < -0.4 is 9.47 Å². The normalized spacial score (nSPS) is 15.9. The average molecular weight is 415 g/mol. The first-order valence-corrected chi connectivity index (χ1v) is 10.7. The molecular weight excluding hydrogens is 380 g/mol. The zero-order chi connectivity index (χ0) is 21.2. The van der Waals surface area contributed by atoms with Crippen molar-refractivity contribution in [3.63, 3.8) is 0 Å². The SMILES string of the molecule is COc1ccc(OC[C@@H](O)CN(CCN2CCOCC2)Cc2ccc(C)cc2)cc1. The van der Waals surface area contributed by atoms with E-state index in [1.807, 2.05) is 24.3 Å². The van der Waals surface area contributed by atoms with E-state index in [1.165, 1.54) is 11.1 Å². The van der Waals surface area contributed by atoms with Crippen LogP contribution in [0.4, 0.5) is 0 Å². The van der Waals surface area contributed by atoms with Crippen LogP contribution in [0, 0.1) is 6.92 Å². The molecule has 30 heavy (non-hydrogen) atoms. The molecule has 1 N–H and O–H groups in total. The van der Waals surface area contributed by atoms with E-state index in [0.717, 1.165) is 57.4 Å². The summed E-state index contributed by atoms with van der Waals surface area (Å²) >= 11 is 0. The van der Waals surface area contributed by atoms with Crippen LogP contribution in [0.3, 0.4) is 0 Å². The summed E-state index contributed by atoms with van der Waals surface area (Å²) in [5, 5.41) is 10.6. The monoisotopic (exact) mass is 414 g/mol. The zero-order valence-corrected chi connectivity index (χ0v) is 18.1. The molecule has 0 saturated carbocycles. The van der Waals surface area contributed by atoms with Crippen LogP contribution in [-0.4, -0.2) is 80.7 Å². The van der Waals surface area contributed by atoms with Crippen molar-refractivity contribution in [2.45, 2.75) is 19.6 Å². The Morgan fingerprint density at radius 3 is 2.37 bits per heavy atom. The summed E-state index contributed by atoms with van der Waals surface area (Å²) in [5.74, 6) is 1.52. The maximum atomic E-state index is 10.6. The quantitative estimate of drug-likeness (QED) is 0.610. The van der Waals surface area contributed by atoms with E-state index in [0.29, 0.717) is 6.54 Å². The van der Waals surface area contributed by atoms with Crippen LogP contribution in [0.5, 0.6) is 11.5 Å². The van der Waals surface area contributed by atoms with Gasteiger partial charge in [-0.3, -0.25) is 9.80 Å². The van der Waals surface area contributed by atoms with Crippen molar-refractivity contribution in [3.05, 3.63) is 59.7 Å². The van der Waals surface area contributed by atoms with Crippen LogP contribution >= 0.6 is 0 Å². The molecule has 3 rings (SSSR count). The fourth-order valence-electron chi connectivity index (χ4n) is 3.51.